The Hall–Kier alpha value is -0.953. The second kappa shape index (κ2) is 8.42. The normalized spacial score (nSPS) is 27.1. The molecule has 24 heavy (non-hydrogen) atoms. The summed E-state index contributed by atoms with van der Waals surface area (Å²) in [6, 6.07) is 0. The molecule has 1 saturated heterocycles. The summed E-state index contributed by atoms with van der Waals surface area (Å²) < 4.78 is 22.9. The van der Waals surface area contributed by atoms with Crippen LogP contribution in [0.4, 0.5) is 0 Å². The Morgan fingerprint density at radius 2 is 2.04 bits per heavy atom. The fourth-order valence-electron chi connectivity index (χ4n) is 2.28. The standard InChI is InChI=1S/C18H32O5Si/c1-9-10-21-16(19)11-14-13(2)22-17(12-15(14)20-6)23-24(7,8)18(3,4)5/h9,11,13,15,17H,1,10,12H2,2-8H3/b14-11-/t13-,15-,17-/m0/s1. The van der Waals surface area contributed by atoms with Gasteiger partial charge in [-0.25, -0.2) is 4.79 Å². The number of hydrogen-bond donors (Lipinski definition) is 0. The average Bonchev–Trinajstić information content (AvgIpc) is 2.45. The number of carbonyl (C=O) groups excluding carboxylic acids is 1. The minimum atomic E-state index is -1.94. The summed E-state index contributed by atoms with van der Waals surface area (Å²) in [6.07, 6.45) is 2.74. The van der Waals surface area contributed by atoms with Crippen LogP contribution in [0.15, 0.2) is 24.3 Å². The molecule has 0 aromatic heterocycles. The van der Waals surface area contributed by atoms with Crippen molar-refractivity contribution in [3.8, 4) is 0 Å². The fraction of sp³-hybridized carbons (Fsp3) is 0.722. The predicted octanol–water partition coefficient (Wildman–Crippen LogP) is 3.81. The molecule has 1 rings (SSSR count). The van der Waals surface area contributed by atoms with E-state index in [4.69, 9.17) is 18.6 Å². The van der Waals surface area contributed by atoms with Crippen molar-refractivity contribution in [2.75, 3.05) is 13.7 Å². The zero-order valence-electron chi connectivity index (χ0n) is 16.0. The summed E-state index contributed by atoms with van der Waals surface area (Å²) in [5.41, 5.74) is 0.779. The van der Waals surface area contributed by atoms with Gasteiger partial charge in [0.25, 0.3) is 0 Å². The quantitative estimate of drug-likeness (QED) is 0.313. The van der Waals surface area contributed by atoms with Gasteiger partial charge in [-0.05, 0) is 30.6 Å². The van der Waals surface area contributed by atoms with Gasteiger partial charge >= 0.3 is 5.97 Å². The van der Waals surface area contributed by atoms with Crippen LogP contribution in [0, 0.1) is 0 Å². The zero-order chi connectivity index (χ0) is 18.5. The molecule has 0 aliphatic carbocycles. The van der Waals surface area contributed by atoms with Crippen LogP contribution in [0.1, 0.15) is 34.1 Å². The maximum Gasteiger partial charge on any atom is 0.331 e. The molecule has 1 aliphatic heterocycles. The minimum absolute atomic E-state index is 0.104. The van der Waals surface area contributed by atoms with E-state index in [0.717, 1.165) is 5.57 Å². The van der Waals surface area contributed by atoms with E-state index in [2.05, 4.69) is 40.4 Å². The zero-order valence-corrected chi connectivity index (χ0v) is 17.0. The van der Waals surface area contributed by atoms with E-state index in [1.807, 2.05) is 6.92 Å². The highest BCUT2D eigenvalue weighted by Gasteiger charge is 2.42. The molecular formula is C18H32O5Si. The summed E-state index contributed by atoms with van der Waals surface area (Å²) in [5, 5.41) is 0.104. The maximum absolute atomic E-state index is 11.8. The van der Waals surface area contributed by atoms with E-state index in [0.29, 0.717) is 6.42 Å². The van der Waals surface area contributed by atoms with E-state index in [-0.39, 0.29) is 30.1 Å². The lowest BCUT2D eigenvalue weighted by atomic mass is 9.98. The molecule has 0 spiro atoms. The van der Waals surface area contributed by atoms with Gasteiger partial charge in [-0.2, -0.15) is 0 Å². The van der Waals surface area contributed by atoms with E-state index in [9.17, 15) is 4.79 Å². The van der Waals surface area contributed by atoms with Crippen molar-refractivity contribution in [1.29, 1.82) is 0 Å². The average molecular weight is 357 g/mol. The summed E-state index contributed by atoms with van der Waals surface area (Å²) in [7, 11) is -0.305. The molecular weight excluding hydrogens is 324 g/mol. The van der Waals surface area contributed by atoms with Crippen LogP contribution < -0.4 is 0 Å². The number of rotatable bonds is 6. The van der Waals surface area contributed by atoms with Crippen molar-refractivity contribution in [1.82, 2.24) is 0 Å². The molecule has 0 N–H and O–H groups in total. The monoisotopic (exact) mass is 356 g/mol. The first-order valence-corrected chi connectivity index (χ1v) is 11.3. The van der Waals surface area contributed by atoms with Crippen LogP contribution in [0.5, 0.6) is 0 Å². The summed E-state index contributed by atoms with van der Waals surface area (Å²) >= 11 is 0. The maximum atomic E-state index is 11.8. The number of hydrogen-bond acceptors (Lipinski definition) is 5. The molecule has 3 atom stereocenters. The summed E-state index contributed by atoms with van der Waals surface area (Å²) in [4.78, 5) is 11.8. The van der Waals surface area contributed by atoms with Crippen LogP contribution >= 0.6 is 0 Å². The van der Waals surface area contributed by atoms with Crippen molar-refractivity contribution in [3.05, 3.63) is 24.3 Å². The molecule has 0 saturated carbocycles. The largest absolute Gasteiger partial charge is 0.458 e. The lowest BCUT2D eigenvalue weighted by molar-refractivity contribution is -0.156. The summed E-state index contributed by atoms with van der Waals surface area (Å²) in [6.45, 7) is 16.6. The van der Waals surface area contributed by atoms with Crippen molar-refractivity contribution in [3.63, 3.8) is 0 Å². The highest BCUT2D eigenvalue weighted by atomic mass is 28.4. The van der Waals surface area contributed by atoms with Gasteiger partial charge in [0.15, 0.2) is 14.6 Å². The molecule has 1 aliphatic rings. The van der Waals surface area contributed by atoms with Gasteiger partial charge in [0.1, 0.15) is 6.61 Å². The Balaban J connectivity index is 2.84. The molecule has 0 unspecified atom stereocenters. The molecule has 5 nitrogen and oxygen atoms in total. The molecule has 0 aromatic rings. The Labute approximate surface area is 147 Å². The molecule has 0 radical (unpaired) electrons. The van der Waals surface area contributed by atoms with Crippen LogP contribution in [-0.2, 0) is 23.4 Å². The molecule has 138 valence electrons. The fourth-order valence-corrected chi connectivity index (χ4v) is 3.44. The second-order valence-electron chi connectivity index (χ2n) is 7.61. The Morgan fingerprint density at radius 3 is 2.54 bits per heavy atom. The minimum Gasteiger partial charge on any atom is -0.458 e. The smallest absolute Gasteiger partial charge is 0.331 e. The molecule has 1 fully saturated rings. The Kier molecular flexibility index (Phi) is 7.40. The van der Waals surface area contributed by atoms with Crippen LogP contribution in [0.2, 0.25) is 18.1 Å². The van der Waals surface area contributed by atoms with Gasteiger partial charge in [-0.1, -0.05) is 33.4 Å². The third kappa shape index (κ3) is 5.55. The second-order valence-corrected chi connectivity index (χ2v) is 12.4. The van der Waals surface area contributed by atoms with E-state index < -0.39 is 14.3 Å². The van der Waals surface area contributed by atoms with Gasteiger partial charge in [0.2, 0.25) is 0 Å². The Bertz CT molecular complexity index is 478. The Morgan fingerprint density at radius 1 is 1.42 bits per heavy atom. The first kappa shape index (κ1) is 21.1. The van der Waals surface area contributed by atoms with Crippen molar-refractivity contribution in [2.24, 2.45) is 0 Å². The number of esters is 1. The third-order valence-corrected chi connectivity index (χ3v) is 9.21. The number of ether oxygens (including phenoxy) is 3. The van der Waals surface area contributed by atoms with Crippen LogP contribution in [-0.4, -0.2) is 46.5 Å². The first-order valence-electron chi connectivity index (χ1n) is 8.37. The third-order valence-electron chi connectivity index (χ3n) is 4.75. The van der Waals surface area contributed by atoms with Gasteiger partial charge in [-0.3, -0.25) is 0 Å². The summed E-state index contributed by atoms with van der Waals surface area (Å²) in [5.74, 6) is -0.411. The van der Waals surface area contributed by atoms with Crippen LogP contribution in [0.3, 0.4) is 0 Å². The number of methoxy groups -OCH3 is 1. The van der Waals surface area contributed by atoms with Gasteiger partial charge in [-0.15, -0.1) is 0 Å². The van der Waals surface area contributed by atoms with Gasteiger partial charge < -0.3 is 18.6 Å². The lowest BCUT2D eigenvalue weighted by Crippen LogP contribution is -2.48. The van der Waals surface area contributed by atoms with Crippen molar-refractivity contribution >= 4 is 14.3 Å². The van der Waals surface area contributed by atoms with E-state index >= 15 is 0 Å². The van der Waals surface area contributed by atoms with Crippen molar-refractivity contribution in [2.45, 2.75) is 70.7 Å². The number of carbonyl (C=O) groups is 1. The van der Waals surface area contributed by atoms with Gasteiger partial charge in [0.05, 0.1) is 12.2 Å². The lowest BCUT2D eigenvalue weighted by Gasteiger charge is -2.43. The molecule has 1 heterocycles. The van der Waals surface area contributed by atoms with E-state index in [1.54, 1.807) is 7.11 Å². The van der Waals surface area contributed by atoms with Crippen LogP contribution in [0.25, 0.3) is 0 Å². The molecule has 0 bridgehead atoms. The first-order chi connectivity index (χ1) is 11.0. The predicted molar refractivity (Wildman–Crippen MR) is 97.3 cm³/mol. The van der Waals surface area contributed by atoms with Crippen molar-refractivity contribution < 1.29 is 23.4 Å². The van der Waals surface area contributed by atoms with Gasteiger partial charge in [0, 0.05) is 19.6 Å². The topological polar surface area (TPSA) is 54.0 Å². The van der Waals surface area contributed by atoms with E-state index in [1.165, 1.54) is 12.2 Å². The molecule has 0 aromatic carbocycles. The molecule has 6 heteroatoms. The highest BCUT2D eigenvalue weighted by Crippen LogP contribution is 2.39. The molecule has 0 amide bonds. The SMILES string of the molecule is C=CCOC(=O)/C=C1/[C@H](C)O[C@@H](O[Si](C)(C)C(C)(C)C)C[C@@H]1OC. The highest BCUT2D eigenvalue weighted by molar-refractivity contribution is 6.74.